The third kappa shape index (κ3) is 4.42. The molecule has 102 valence electrons. The summed E-state index contributed by atoms with van der Waals surface area (Å²) in [5.74, 6) is 0. The second kappa shape index (κ2) is 6.80. The molecule has 0 amide bonds. The van der Waals surface area contributed by atoms with Crippen molar-refractivity contribution < 1.29 is 5.11 Å². The third-order valence-electron chi connectivity index (χ3n) is 2.97. The number of hydrogen-bond acceptors (Lipinski definition) is 4. The summed E-state index contributed by atoms with van der Waals surface area (Å²) in [6, 6.07) is 8.09. The van der Waals surface area contributed by atoms with Gasteiger partial charge in [-0.05, 0) is 43.0 Å². The number of aliphatic hydroxyl groups is 1. The summed E-state index contributed by atoms with van der Waals surface area (Å²) in [5, 5.41) is 11.8. The van der Waals surface area contributed by atoms with Gasteiger partial charge < -0.3 is 5.11 Å². The van der Waals surface area contributed by atoms with Gasteiger partial charge in [-0.1, -0.05) is 6.07 Å². The monoisotopic (exact) mass is 276 g/mol. The number of pyridine rings is 1. The highest BCUT2D eigenvalue weighted by atomic mass is 32.1. The van der Waals surface area contributed by atoms with E-state index in [2.05, 4.69) is 28.3 Å². The molecule has 0 aliphatic rings. The Labute approximate surface area is 118 Å². The SMILES string of the molecule is Cc1ccsc1CN(Cc1ccccn1)CC(C)O. The predicted molar refractivity (Wildman–Crippen MR) is 79.1 cm³/mol. The third-order valence-corrected chi connectivity index (χ3v) is 3.98. The first kappa shape index (κ1) is 14.2. The highest BCUT2D eigenvalue weighted by Crippen LogP contribution is 2.19. The first-order chi connectivity index (χ1) is 9.15. The first-order valence-corrected chi connectivity index (χ1v) is 7.36. The molecule has 19 heavy (non-hydrogen) atoms. The van der Waals surface area contributed by atoms with Crippen molar-refractivity contribution in [3.63, 3.8) is 0 Å². The quantitative estimate of drug-likeness (QED) is 0.881. The molecule has 0 fully saturated rings. The molecule has 2 heterocycles. The Morgan fingerprint density at radius 3 is 2.74 bits per heavy atom. The van der Waals surface area contributed by atoms with Gasteiger partial charge in [0.25, 0.3) is 0 Å². The number of hydrogen-bond donors (Lipinski definition) is 1. The highest BCUT2D eigenvalue weighted by Gasteiger charge is 2.12. The van der Waals surface area contributed by atoms with Crippen molar-refractivity contribution in [2.24, 2.45) is 0 Å². The van der Waals surface area contributed by atoms with E-state index in [1.807, 2.05) is 31.3 Å². The number of aryl methyl sites for hydroxylation is 1. The summed E-state index contributed by atoms with van der Waals surface area (Å²) in [7, 11) is 0. The Morgan fingerprint density at radius 1 is 1.32 bits per heavy atom. The van der Waals surface area contributed by atoms with Gasteiger partial charge in [0.1, 0.15) is 0 Å². The Bertz CT molecular complexity index is 496. The smallest absolute Gasteiger partial charge is 0.0639 e. The molecule has 0 radical (unpaired) electrons. The molecule has 1 unspecified atom stereocenters. The van der Waals surface area contributed by atoms with E-state index >= 15 is 0 Å². The van der Waals surface area contributed by atoms with Gasteiger partial charge in [0.2, 0.25) is 0 Å². The van der Waals surface area contributed by atoms with E-state index in [0.29, 0.717) is 6.54 Å². The standard InChI is InChI=1S/C15H20N2OS/c1-12-6-8-19-15(12)11-17(9-13(2)18)10-14-5-3-4-7-16-14/h3-8,13,18H,9-11H2,1-2H3. The fraction of sp³-hybridized carbons (Fsp3) is 0.400. The van der Waals surface area contributed by atoms with Gasteiger partial charge in [0, 0.05) is 30.7 Å². The zero-order valence-corrected chi connectivity index (χ0v) is 12.2. The van der Waals surface area contributed by atoms with Crippen LogP contribution in [0.25, 0.3) is 0 Å². The van der Waals surface area contributed by atoms with E-state index in [9.17, 15) is 5.11 Å². The number of aromatic nitrogens is 1. The second-order valence-corrected chi connectivity index (χ2v) is 5.87. The van der Waals surface area contributed by atoms with Crippen LogP contribution in [0.1, 0.15) is 23.1 Å². The molecule has 0 saturated carbocycles. The molecule has 1 atom stereocenters. The molecule has 4 heteroatoms. The maximum Gasteiger partial charge on any atom is 0.0639 e. The van der Waals surface area contributed by atoms with Crippen LogP contribution in [-0.2, 0) is 13.1 Å². The summed E-state index contributed by atoms with van der Waals surface area (Å²) in [4.78, 5) is 7.96. The molecule has 3 nitrogen and oxygen atoms in total. The Kier molecular flexibility index (Phi) is 5.07. The zero-order valence-electron chi connectivity index (χ0n) is 11.4. The van der Waals surface area contributed by atoms with E-state index in [4.69, 9.17) is 0 Å². The molecule has 2 aromatic heterocycles. The van der Waals surface area contributed by atoms with Gasteiger partial charge in [-0.25, -0.2) is 0 Å². The minimum Gasteiger partial charge on any atom is -0.392 e. The molecule has 2 rings (SSSR count). The van der Waals surface area contributed by atoms with Crippen LogP contribution < -0.4 is 0 Å². The average molecular weight is 276 g/mol. The summed E-state index contributed by atoms with van der Waals surface area (Å²) in [6.45, 7) is 6.25. The lowest BCUT2D eigenvalue weighted by Gasteiger charge is -2.23. The maximum absolute atomic E-state index is 9.64. The number of aliphatic hydroxyl groups excluding tert-OH is 1. The first-order valence-electron chi connectivity index (χ1n) is 6.48. The van der Waals surface area contributed by atoms with E-state index in [1.54, 1.807) is 11.3 Å². The Hall–Kier alpha value is -1.23. The predicted octanol–water partition coefficient (Wildman–Crippen LogP) is 2.83. The van der Waals surface area contributed by atoms with Gasteiger partial charge in [-0.3, -0.25) is 9.88 Å². The fourth-order valence-corrected chi connectivity index (χ4v) is 3.00. The topological polar surface area (TPSA) is 36.4 Å². The van der Waals surface area contributed by atoms with Crippen LogP contribution in [0.2, 0.25) is 0 Å². The maximum atomic E-state index is 9.64. The minimum atomic E-state index is -0.330. The fourth-order valence-electron chi connectivity index (χ4n) is 2.05. The van der Waals surface area contributed by atoms with Crippen molar-refractivity contribution in [3.8, 4) is 0 Å². The number of rotatable bonds is 6. The molecular formula is C15H20N2OS. The molecule has 2 aromatic rings. The molecule has 0 aromatic carbocycles. The minimum absolute atomic E-state index is 0.330. The Balaban J connectivity index is 2.06. The summed E-state index contributed by atoms with van der Waals surface area (Å²) >= 11 is 1.77. The molecule has 0 bridgehead atoms. The molecule has 1 N–H and O–H groups in total. The normalized spacial score (nSPS) is 12.8. The van der Waals surface area contributed by atoms with Gasteiger partial charge in [-0.15, -0.1) is 11.3 Å². The van der Waals surface area contributed by atoms with Crippen molar-refractivity contribution in [2.75, 3.05) is 6.54 Å². The van der Waals surface area contributed by atoms with Gasteiger partial charge in [0.05, 0.1) is 11.8 Å². The zero-order chi connectivity index (χ0) is 13.7. The van der Waals surface area contributed by atoms with Crippen LogP contribution in [0.15, 0.2) is 35.8 Å². The van der Waals surface area contributed by atoms with Crippen molar-refractivity contribution >= 4 is 11.3 Å². The van der Waals surface area contributed by atoms with Crippen LogP contribution in [0.5, 0.6) is 0 Å². The molecule has 0 spiro atoms. The van der Waals surface area contributed by atoms with E-state index in [0.717, 1.165) is 18.8 Å². The lowest BCUT2D eigenvalue weighted by atomic mass is 10.2. The van der Waals surface area contributed by atoms with Gasteiger partial charge >= 0.3 is 0 Å². The Morgan fingerprint density at radius 2 is 2.16 bits per heavy atom. The lowest BCUT2D eigenvalue weighted by molar-refractivity contribution is 0.118. The largest absolute Gasteiger partial charge is 0.392 e. The van der Waals surface area contributed by atoms with Gasteiger partial charge in [0.15, 0.2) is 0 Å². The lowest BCUT2D eigenvalue weighted by Crippen LogP contribution is -2.30. The van der Waals surface area contributed by atoms with E-state index in [1.165, 1.54) is 10.4 Å². The average Bonchev–Trinajstić information content (AvgIpc) is 2.75. The second-order valence-electron chi connectivity index (χ2n) is 4.87. The van der Waals surface area contributed by atoms with Crippen LogP contribution in [0.4, 0.5) is 0 Å². The van der Waals surface area contributed by atoms with Crippen molar-refractivity contribution in [1.29, 1.82) is 0 Å². The summed E-state index contributed by atoms with van der Waals surface area (Å²) < 4.78 is 0. The molecule has 0 aliphatic carbocycles. The van der Waals surface area contributed by atoms with Crippen molar-refractivity contribution in [3.05, 3.63) is 52.0 Å². The van der Waals surface area contributed by atoms with Crippen LogP contribution >= 0.6 is 11.3 Å². The van der Waals surface area contributed by atoms with E-state index < -0.39 is 0 Å². The number of thiophene rings is 1. The molecular weight excluding hydrogens is 256 g/mol. The summed E-state index contributed by atoms with van der Waals surface area (Å²) in [6.07, 6.45) is 1.48. The van der Waals surface area contributed by atoms with Crippen molar-refractivity contribution in [1.82, 2.24) is 9.88 Å². The highest BCUT2D eigenvalue weighted by molar-refractivity contribution is 7.10. The number of nitrogens with zero attached hydrogens (tertiary/aromatic N) is 2. The van der Waals surface area contributed by atoms with Crippen LogP contribution in [0.3, 0.4) is 0 Å². The van der Waals surface area contributed by atoms with Crippen LogP contribution in [0, 0.1) is 6.92 Å². The van der Waals surface area contributed by atoms with Gasteiger partial charge in [-0.2, -0.15) is 0 Å². The summed E-state index contributed by atoms with van der Waals surface area (Å²) in [5.41, 5.74) is 2.36. The van der Waals surface area contributed by atoms with Crippen LogP contribution in [-0.4, -0.2) is 27.6 Å². The molecule has 0 aliphatic heterocycles. The van der Waals surface area contributed by atoms with E-state index in [-0.39, 0.29) is 6.10 Å². The van der Waals surface area contributed by atoms with Crippen molar-refractivity contribution in [2.45, 2.75) is 33.0 Å². The molecule has 0 saturated heterocycles.